The summed E-state index contributed by atoms with van der Waals surface area (Å²) in [6, 6.07) is 0. The minimum atomic E-state index is -0.485. The molecule has 4 N–H and O–H groups in total. The second-order valence-electron chi connectivity index (χ2n) is 4.95. The van der Waals surface area contributed by atoms with Gasteiger partial charge in [0.1, 0.15) is 5.01 Å². The van der Waals surface area contributed by atoms with Crippen LogP contribution in [0.15, 0.2) is 22.4 Å². The van der Waals surface area contributed by atoms with E-state index in [1.807, 2.05) is 4.90 Å². The number of nitro groups is 1. The van der Waals surface area contributed by atoms with Gasteiger partial charge in [0.2, 0.25) is 0 Å². The molecule has 0 aromatic carbocycles. The molecule has 1 aromatic rings. The van der Waals surface area contributed by atoms with Crippen LogP contribution in [-0.2, 0) is 12.3 Å². The molecule has 2 rings (SSSR count). The largest absolute Gasteiger partial charge is 0.370 e. The second-order valence-corrected chi connectivity index (χ2v) is 7.00. The Kier molecular flexibility index (Phi) is 7.12. The van der Waals surface area contributed by atoms with Crippen LogP contribution in [0.1, 0.15) is 10.7 Å². The number of thiazole rings is 1. The Morgan fingerprint density at radius 2 is 2.50 bits per heavy atom. The van der Waals surface area contributed by atoms with E-state index in [9.17, 15) is 10.1 Å². The molecular formula is C13H21N7O2S2. The number of guanidine groups is 1. The summed E-state index contributed by atoms with van der Waals surface area (Å²) in [5.74, 6) is 2.64. The fourth-order valence-corrected chi connectivity index (χ4v) is 3.71. The molecule has 11 heteroatoms. The molecule has 0 unspecified atom stereocenters. The summed E-state index contributed by atoms with van der Waals surface area (Å²) in [4.78, 5) is 20.7. The fourth-order valence-electron chi connectivity index (χ4n) is 2.05. The molecule has 0 saturated carbocycles. The number of rotatable bonds is 10. The normalized spacial score (nSPS) is 14.6. The van der Waals surface area contributed by atoms with Gasteiger partial charge in [0, 0.05) is 37.0 Å². The molecule has 9 nitrogen and oxygen atoms in total. The number of hydrogen-bond acceptors (Lipinski definition) is 10. The van der Waals surface area contributed by atoms with Gasteiger partial charge < -0.3 is 21.3 Å². The molecule has 24 heavy (non-hydrogen) atoms. The highest BCUT2D eigenvalue weighted by molar-refractivity contribution is 7.98. The molecule has 0 bridgehead atoms. The van der Waals surface area contributed by atoms with Crippen LogP contribution in [-0.4, -0.2) is 53.2 Å². The van der Waals surface area contributed by atoms with E-state index in [0.717, 1.165) is 41.5 Å². The van der Waals surface area contributed by atoms with Gasteiger partial charge in [0.15, 0.2) is 11.8 Å². The molecule has 1 aliphatic rings. The molecule has 0 fully saturated rings. The molecule has 132 valence electrons. The first kappa shape index (κ1) is 18.3. The Bertz CT molecular complexity index is 617. The predicted octanol–water partition coefficient (Wildman–Crippen LogP) is 0.391. The van der Waals surface area contributed by atoms with Crippen molar-refractivity contribution >= 4 is 29.1 Å². The number of nitrogens with two attached hydrogens (primary N) is 1. The summed E-state index contributed by atoms with van der Waals surface area (Å²) in [5, 5.41) is 19.2. The Balaban J connectivity index is 1.66. The summed E-state index contributed by atoms with van der Waals surface area (Å²) in [6.45, 7) is 2.96. The van der Waals surface area contributed by atoms with E-state index in [2.05, 4.69) is 26.0 Å². The van der Waals surface area contributed by atoms with Gasteiger partial charge in [0.05, 0.1) is 23.7 Å². The summed E-state index contributed by atoms with van der Waals surface area (Å²) in [5.41, 5.74) is 6.85. The van der Waals surface area contributed by atoms with Gasteiger partial charge in [0.25, 0.3) is 6.20 Å². The lowest BCUT2D eigenvalue weighted by Crippen LogP contribution is -2.33. The van der Waals surface area contributed by atoms with Crippen LogP contribution in [0.3, 0.4) is 0 Å². The highest BCUT2D eigenvalue weighted by Gasteiger charge is 2.15. The van der Waals surface area contributed by atoms with Crippen LogP contribution in [0.5, 0.6) is 0 Å². The van der Waals surface area contributed by atoms with Gasteiger partial charge in [-0.1, -0.05) is 0 Å². The van der Waals surface area contributed by atoms with Crippen molar-refractivity contribution in [2.75, 3.05) is 32.4 Å². The Hall–Kier alpha value is -2.01. The van der Waals surface area contributed by atoms with Crippen LogP contribution < -0.4 is 16.4 Å². The third-order valence-electron chi connectivity index (χ3n) is 3.21. The van der Waals surface area contributed by atoms with Gasteiger partial charge in [-0.2, -0.15) is 11.8 Å². The summed E-state index contributed by atoms with van der Waals surface area (Å²) < 4.78 is 0. The maximum Gasteiger partial charge on any atom is 0.274 e. The van der Waals surface area contributed by atoms with E-state index >= 15 is 0 Å². The first-order valence-corrected chi connectivity index (χ1v) is 9.44. The zero-order valence-corrected chi connectivity index (χ0v) is 15.0. The van der Waals surface area contributed by atoms with Crippen LogP contribution in [0.2, 0.25) is 0 Å². The lowest BCUT2D eigenvalue weighted by Gasteiger charge is -2.14. The van der Waals surface area contributed by atoms with Crippen LogP contribution in [0.4, 0.5) is 0 Å². The van der Waals surface area contributed by atoms with Crippen LogP contribution in [0, 0.1) is 10.1 Å². The average molecular weight is 371 g/mol. The van der Waals surface area contributed by atoms with E-state index in [1.165, 1.54) is 0 Å². The van der Waals surface area contributed by atoms with Crippen molar-refractivity contribution in [3.63, 3.8) is 0 Å². The van der Waals surface area contributed by atoms with Crippen molar-refractivity contribution in [1.82, 2.24) is 20.5 Å². The Morgan fingerprint density at radius 1 is 1.67 bits per heavy atom. The van der Waals surface area contributed by atoms with E-state index in [-0.39, 0.29) is 0 Å². The van der Waals surface area contributed by atoms with Crippen molar-refractivity contribution in [1.29, 1.82) is 0 Å². The summed E-state index contributed by atoms with van der Waals surface area (Å²) >= 11 is 3.36. The molecule has 0 amide bonds. The maximum absolute atomic E-state index is 10.4. The average Bonchev–Trinajstić information content (AvgIpc) is 3.15. The number of aromatic nitrogens is 1. The third-order valence-corrected chi connectivity index (χ3v) is 5.08. The number of nitrogens with one attached hydrogen (secondary N) is 2. The molecule has 0 atom stereocenters. The van der Waals surface area contributed by atoms with E-state index in [0.29, 0.717) is 24.9 Å². The van der Waals surface area contributed by atoms with Crippen molar-refractivity contribution in [2.24, 2.45) is 10.7 Å². The highest BCUT2D eigenvalue weighted by Crippen LogP contribution is 2.17. The first-order valence-electron chi connectivity index (χ1n) is 7.41. The quantitative estimate of drug-likeness (QED) is 0.307. The number of aliphatic imine (C=N–C) groups is 1. The van der Waals surface area contributed by atoms with Crippen LogP contribution >= 0.6 is 23.1 Å². The van der Waals surface area contributed by atoms with Gasteiger partial charge in [-0.05, 0) is 0 Å². The van der Waals surface area contributed by atoms with Gasteiger partial charge in [-0.3, -0.25) is 15.1 Å². The fraction of sp³-hybridized carbons (Fsp3) is 0.538. The molecular weight excluding hydrogens is 350 g/mol. The van der Waals surface area contributed by atoms with Crippen molar-refractivity contribution in [2.45, 2.75) is 12.3 Å². The molecule has 2 heterocycles. The predicted molar refractivity (Wildman–Crippen MR) is 97.3 cm³/mol. The topological polar surface area (TPSA) is 122 Å². The molecule has 0 radical (unpaired) electrons. The molecule has 1 aromatic heterocycles. The zero-order valence-electron chi connectivity index (χ0n) is 13.4. The first-order chi connectivity index (χ1) is 11.6. The lowest BCUT2D eigenvalue weighted by molar-refractivity contribution is -0.404. The van der Waals surface area contributed by atoms with Crippen LogP contribution in [0.25, 0.3) is 0 Å². The third kappa shape index (κ3) is 5.89. The molecule has 0 spiro atoms. The number of hydrogen-bond donors (Lipinski definition) is 3. The Labute approximate surface area is 148 Å². The summed E-state index contributed by atoms with van der Waals surface area (Å²) in [7, 11) is 1.64. The van der Waals surface area contributed by atoms with E-state index in [4.69, 9.17) is 5.73 Å². The van der Waals surface area contributed by atoms with Crippen molar-refractivity contribution in [3.8, 4) is 0 Å². The zero-order chi connectivity index (χ0) is 17.4. The molecule has 1 aliphatic heterocycles. The van der Waals surface area contributed by atoms with Crippen molar-refractivity contribution in [3.05, 3.63) is 38.2 Å². The van der Waals surface area contributed by atoms with Gasteiger partial charge in [-0.15, -0.1) is 11.3 Å². The maximum atomic E-state index is 10.4. The minimum Gasteiger partial charge on any atom is -0.370 e. The standard InChI is InChI=1S/C13H21N7O2S2/c1-15-11(6-20(21)22)16-3-5-23-8-10-9-24-12(18-10)7-19-4-2-17-13(19)14/h6,9,15-16H,2-5,7-8H2,1H3,(H2,14,17). The number of thioether (sulfide) groups is 1. The molecule has 0 aliphatic carbocycles. The molecule has 0 saturated heterocycles. The monoisotopic (exact) mass is 371 g/mol. The Morgan fingerprint density at radius 3 is 3.17 bits per heavy atom. The second kappa shape index (κ2) is 9.33. The van der Waals surface area contributed by atoms with Gasteiger partial charge in [-0.25, -0.2) is 4.98 Å². The van der Waals surface area contributed by atoms with Crippen molar-refractivity contribution < 1.29 is 4.92 Å². The number of nitrogens with zero attached hydrogens (tertiary/aromatic N) is 4. The van der Waals surface area contributed by atoms with Gasteiger partial charge >= 0.3 is 0 Å². The minimum absolute atomic E-state index is 0.404. The SMILES string of the molecule is CNC(=C[N+](=O)[O-])NCCSCc1csc(CN2CCN=C2N)n1. The summed E-state index contributed by atoms with van der Waals surface area (Å²) in [6.07, 6.45) is 0.921. The highest BCUT2D eigenvalue weighted by atomic mass is 32.2. The lowest BCUT2D eigenvalue weighted by atomic mass is 10.5. The smallest absolute Gasteiger partial charge is 0.274 e. The van der Waals surface area contributed by atoms with E-state index < -0.39 is 4.92 Å². The van der Waals surface area contributed by atoms with E-state index in [1.54, 1.807) is 30.1 Å².